The van der Waals surface area contributed by atoms with Gasteiger partial charge in [0.1, 0.15) is 0 Å². The molecule has 0 saturated heterocycles. The van der Waals surface area contributed by atoms with E-state index in [2.05, 4.69) is 10.3 Å². The normalized spacial score (nSPS) is 26.6. The second kappa shape index (κ2) is 6.33. The summed E-state index contributed by atoms with van der Waals surface area (Å²) in [6, 6.07) is 0.481. The van der Waals surface area contributed by atoms with Crippen molar-refractivity contribution in [3.63, 3.8) is 0 Å². The molecular formula is C12H20N2OS. The summed E-state index contributed by atoms with van der Waals surface area (Å²) in [6.45, 7) is 1.21. The highest BCUT2D eigenvalue weighted by Gasteiger charge is 2.22. The van der Waals surface area contributed by atoms with E-state index in [9.17, 15) is 5.11 Å². The fourth-order valence-electron chi connectivity index (χ4n) is 2.43. The maximum Gasteiger partial charge on any atom is 0.0794 e. The van der Waals surface area contributed by atoms with Gasteiger partial charge >= 0.3 is 0 Å². The van der Waals surface area contributed by atoms with E-state index in [4.69, 9.17) is 0 Å². The van der Waals surface area contributed by atoms with E-state index in [1.165, 1.54) is 30.6 Å². The zero-order chi connectivity index (χ0) is 11.2. The van der Waals surface area contributed by atoms with Gasteiger partial charge in [0.05, 0.1) is 5.51 Å². The van der Waals surface area contributed by atoms with Crippen molar-refractivity contribution in [1.82, 2.24) is 10.3 Å². The number of aromatic nitrogens is 1. The van der Waals surface area contributed by atoms with E-state index in [1.807, 2.05) is 11.7 Å². The minimum Gasteiger partial charge on any atom is -0.396 e. The number of nitrogens with one attached hydrogen (secondary N) is 1. The molecular weight excluding hydrogens is 220 g/mol. The molecule has 2 unspecified atom stereocenters. The van der Waals surface area contributed by atoms with Crippen molar-refractivity contribution < 1.29 is 5.11 Å². The van der Waals surface area contributed by atoms with Crippen molar-refractivity contribution in [2.45, 2.75) is 44.7 Å². The Morgan fingerprint density at radius 3 is 3.00 bits per heavy atom. The first-order valence-electron chi connectivity index (χ1n) is 6.11. The van der Waals surface area contributed by atoms with Gasteiger partial charge in [0.2, 0.25) is 0 Å². The second-order valence-corrected chi connectivity index (χ2v) is 5.51. The lowest BCUT2D eigenvalue weighted by atomic mass is 9.96. The molecule has 1 aromatic rings. The number of thiazole rings is 1. The van der Waals surface area contributed by atoms with Gasteiger partial charge in [0.15, 0.2) is 0 Å². The minimum absolute atomic E-state index is 0.320. The van der Waals surface area contributed by atoms with E-state index in [1.54, 1.807) is 11.3 Å². The summed E-state index contributed by atoms with van der Waals surface area (Å²) in [5.41, 5.74) is 1.87. The van der Waals surface area contributed by atoms with Crippen molar-refractivity contribution in [2.75, 3.05) is 6.61 Å². The van der Waals surface area contributed by atoms with E-state index >= 15 is 0 Å². The van der Waals surface area contributed by atoms with Crippen LogP contribution >= 0.6 is 11.3 Å². The Morgan fingerprint density at radius 2 is 2.25 bits per heavy atom. The summed E-state index contributed by atoms with van der Waals surface area (Å²) in [7, 11) is 0. The van der Waals surface area contributed by atoms with Crippen LogP contribution in [-0.2, 0) is 6.54 Å². The summed E-state index contributed by atoms with van der Waals surface area (Å²) in [5, 5.41) is 13.0. The fourth-order valence-corrected chi connectivity index (χ4v) is 2.98. The van der Waals surface area contributed by atoms with Gasteiger partial charge in [-0.1, -0.05) is 19.3 Å². The molecule has 0 spiro atoms. The first kappa shape index (κ1) is 12.0. The number of nitrogens with zero attached hydrogens (tertiary/aromatic N) is 1. The molecule has 16 heavy (non-hydrogen) atoms. The van der Waals surface area contributed by atoms with Crippen molar-refractivity contribution in [3.05, 3.63) is 16.6 Å². The highest BCUT2D eigenvalue weighted by molar-refractivity contribution is 7.09. The molecule has 0 bridgehead atoms. The molecule has 4 heteroatoms. The molecule has 1 saturated carbocycles. The standard InChI is InChI=1S/C12H20N2OS/c15-8-10-4-2-1-3-5-12(10)14-7-11-6-13-9-16-11/h6,9-10,12,14-15H,1-5,7-8H2. The van der Waals surface area contributed by atoms with Crippen molar-refractivity contribution >= 4 is 11.3 Å². The van der Waals surface area contributed by atoms with E-state index in [0.29, 0.717) is 18.6 Å². The summed E-state index contributed by atoms with van der Waals surface area (Å²) >= 11 is 1.69. The Hall–Kier alpha value is -0.450. The Balaban J connectivity index is 1.85. The quantitative estimate of drug-likeness (QED) is 0.793. The Morgan fingerprint density at radius 1 is 1.38 bits per heavy atom. The largest absolute Gasteiger partial charge is 0.396 e. The number of hydrogen-bond acceptors (Lipinski definition) is 4. The topological polar surface area (TPSA) is 45.1 Å². The highest BCUT2D eigenvalue weighted by atomic mass is 32.1. The monoisotopic (exact) mass is 240 g/mol. The van der Waals surface area contributed by atoms with Crippen molar-refractivity contribution in [2.24, 2.45) is 5.92 Å². The van der Waals surface area contributed by atoms with Crippen molar-refractivity contribution in [1.29, 1.82) is 0 Å². The average molecular weight is 240 g/mol. The van der Waals surface area contributed by atoms with E-state index in [0.717, 1.165) is 13.0 Å². The van der Waals surface area contributed by atoms with Crippen LogP contribution in [0.15, 0.2) is 11.7 Å². The van der Waals surface area contributed by atoms with Crippen LogP contribution in [-0.4, -0.2) is 22.7 Å². The third kappa shape index (κ3) is 3.27. The van der Waals surface area contributed by atoms with Gasteiger partial charge in [0, 0.05) is 30.3 Å². The van der Waals surface area contributed by atoms with Gasteiger partial charge < -0.3 is 10.4 Å². The van der Waals surface area contributed by atoms with Gasteiger partial charge in [-0.2, -0.15) is 0 Å². The molecule has 1 aromatic heterocycles. The molecule has 90 valence electrons. The predicted molar refractivity (Wildman–Crippen MR) is 66.4 cm³/mol. The lowest BCUT2D eigenvalue weighted by Gasteiger charge is -2.24. The lowest BCUT2D eigenvalue weighted by molar-refractivity contribution is 0.181. The average Bonchev–Trinajstić information content (AvgIpc) is 2.71. The predicted octanol–water partition coefficient (Wildman–Crippen LogP) is 2.17. The maximum absolute atomic E-state index is 9.39. The van der Waals surface area contributed by atoms with Crippen LogP contribution in [0.25, 0.3) is 0 Å². The van der Waals surface area contributed by atoms with Gasteiger partial charge in [0.25, 0.3) is 0 Å². The highest BCUT2D eigenvalue weighted by Crippen LogP contribution is 2.23. The Bertz CT molecular complexity index is 289. The first-order valence-corrected chi connectivity index (χ1v) is 6.99. The van der Waals surface area contributed by atoms with Gasteiger partial charge in [-0.05, 0) is 18.8 Å². The molecule has 0 amide bonds. The lowest BCUT2D eigenvalue weighted by Crippen LogP contribution is -2.36. The summed E-state index contributed by atoms with van der Waals surface area (Å²) in [4.78, 5) is 5.35. The molecule has 1 fully saturated rings. The molecule has 1 aliphatic rings. The number of rotatable bonds is 4. The molecule has 2 rings (SSSR count). The minimum atomic E-state index is 0.320. The maximum atomic E-state index is 9.39. The summed E-state index contributed by atoms with van der Waals surface area (Å²) in [5.74, 6) is 0.440. The smallest absolute Gasteiger partial charge is 0.0794 e. The SMILES string of the molecule is OCC1CCCCCC1NCc1cncs1. The van der Waals surface area contributed by atoms with Crippen LogP contribution in [0.1, 0.15) is 37.0 Å². The third-order valence-corrected chi connectivity index (χ3v) is 4.20. The zero-order valence-corrected chi connectivity index (χ0v) is 10.4. The van der Waals surface area contributed by atoms with Crippen LogP contribution in [0.5, 0.6) is 0 Å². The molecule has 3 nitrogen and oxygen atoms in total. The molecule has 1 aliphatic carbocycles. The van der Waals surface area contributed by atoms with Crippen LogP contribution in [0.2, 0.25) is 0 Å². The van der Waals surface area contributed by atoms with Crippen LogP contribution in [0, 0.1) is 5.92 Å². The zero-order valence-electron chi connectivity index (χ0n) is 9.56. The first-order chi connectivity index (χ1) is 7.90. The third-order valence-electron chi connectivity index (χ3n) is 3.42. The van der Waals surface area contributed by atoms with E-state index in [-0.39, 0.29) is 0 Å². The second-order valence-electron chi connectivity index (χ2n) is 4.54. The van der Waals surface area contributed by atoms with Gasteiger partial charge in [-0.3, -0.25) is 4.98 Å². The number of aliphatic hydroxyl groups excluding tert-OH is 1. The molecule has 0 aliphatic heterocycles. The van der Waals surface area contributed by atoms with Crippen molar-refractivity contribution in [3.8, 4) is 0 Å². The summed E-state index contributed by atoms with van der Waals surface area (Å²) in [6.07, 6.45) is 8.15. The molecule has 2 atom stereocenters. The molecule has 1 heterocycles. The van der Waals surface area contributed by atoms with Crippen LogP contribution < -0.4 is 5.32 Å². The number of aliphatic hydroxyl groups is 1. The van der Waals surface area contributed by atoms with Gasteiger partial charge in [-0.15, -0.1) is 11.3 Å². The fraction of sp³-hybridized carbons (Fsp3) is 0.750. The molecule has 0 radical (unpaired) electrons. The number of hydrogen-bond donors (Lipinski definition) is 2. The Labute approximate surface area is 101 Å². The van der Waals surface area contributed by atoms with Crippen LogP contribution in [0.4, 0.5) is 0 Å². The Kier molecular flexibility index (Phi) is 4.75. The van der Waals surface area contributed by atoms with Crippen LogP contribution in [0.3, 0.4) is 0 Å². The molecule has 0 aromatic carbocycles. The summed E-state index contributed by atoms with van der Waals surface area (Å²) < 4.78 is 0. The van der Waals surface area contributed by atoms with Gasteiger partial charge in [-0.25, -0.2) is 0 Å². The van der Waals surface area contributed by atoms with E-state index < -0.39 is 0 Å². The molecule has 2 N–H and O–H groups in total.